The molecule has 0 aliphatic heterocycles. The molecule has 2 aromatic carbocycles. The van der Waals surface area contributed by atoms with Gasteiger partial charge in [0.2, 0.25) is 0 Å². The largest absolute Gasteiger partial charge is 0.490 e. The summed E-state index contributed by atoms with van der Waals surface area (Å²) in [6.45, 7) is 0.0788. The highest BCUT2D eigenvalue weighted by atomic mass is 35.5. The zero-order valence-electron chi connectivity index (χ0n) is 14.6. The lowest BCUT2D eigenvalue weighted by Gasteiger charge is -2.06. The van der Waals surface area contributed by atoms with Crippen LogP contribution < -0.4 is 10.1 Å². The van der Waals surface area contributed by atoms with Gasteiger partial charge in [0.15, 0.2) is 5.75 Å². The van der Waals surface area contributed by atoms with Gasteiger partial charge in [-0.05, 0) is 24.3 Å². The predicted octanol–water partition coefficient (Wildman–Crippen LogP) is 3.89. The molecule has 0 aliphatic carbocycles. The lowest BCUT2D eigenvalue weighted by Crippen LogP contribution is -2.12. The number of nitrogens with zero attached hydrogens (tertiary/aromatic N) is 3. The van der Waals surface area contributed by atoms with Gasteiger partial charge in [-0.15, -0.1) is 0 Å². The molecule has 0 aliphatic rings. The summed E-state index contributed by atoms with van der Waals surface area (Å²) in [7, 11) is 1.30. The van der Waals surface area contributed by atoms with E-state index in [0.29, 0.717) is 5.69 Å². The molecule has 1 N–H and O–H groups in total. The van der Waals surface area contributed by atoms with Crippen LogP contribution in [0.25, 0.3) is 0 Å². The molecule has 10 heteroatoms. The average molecular weight is 405 g/mol. The Labute approximate surface area is 163 Å². The maximum Gasteiger partial charge on any atom is 0.311 e. The monoisotopic (exact) mass is 404 g/mol. The minimum Gasteiger partial charge on any atom is -0.490 e. The molecule has 0 spiro atoms. The molecular formula is C18H14ClFN4O4. The highest BCUT2D eigenvalue weighted by molar-refractivity contribution is 6.31. The summed E-state index contributed by atoms with van der Waals surface area (Å²) in [6, 6.07) is 8.25. The maximum atomic E-state index is 13.9. The standard InChI is InChI=1S/C18H14ClFN4O4/c1-28-17-6-5-11(7-16(17)24(26)27)18(25)22-12-8-21-23(9-12)10-13-14(19)3-2-4-15(13)20/h2-9H,10H2,1H3,(H,22,25). The summed E-state index contributed by atoms with van der Waals surface area (Å²) in [5, 5.41) is 18.0. The Bertz CT molecular complexity index is 1030. The topological polar surface area (TPSA) is 99.3 Å². The van der Waals surface area contributed by atoms with Crippen LogP contribution in [0, 0.1) is 15.9 Å². The van der Waals surface area contributed by atoms with Crippen molar-refractivity contribution in [1.29, 1.82) is 0 Å². The third kappa shape index (κ3) is 4.09. The van der Waals surface area contributed by atoms with Crippen molar-refractivity contribution < 1.29 is 18.8 Å². The van der Waals surface area contributed by atoms with E-state index in [4.69, 9.17) is 16.3 Å². The Kier molecular flexibility index (Phi) is 5.55. The van der Waals surface area contributed by atoms with Crippen LogP contribution in [-0.2, 0) is 6.54 Å². The molecule has 0 unspecified atom stereocenters. The van der Waals surface area contributed by atoms with Crippen LogP contribution in [-0.4, -0.2) is 27.7 Å². The van der Waals surface area contributed by atoms with E-state index in [1.807, 2.05) is 0 Å². The lowest BCUT2D eigenvalue weighted by atomic mass is 10.1. The molecule has 144 valence electrons. The number of aromatic nitrogens is 2. The quantitative estimate of drug-likeness (QED) is 0.496. The van der Waals surface area contributed by atoms with Gasteiger partial charge < -0.3 is 10.1 Å². The first-order valence-corrected chi connectivity index (χ1v) is 8.36. The first-order chi connectivity index (χ1) is 13.4. The number of benzene rings is 2. The summed E-state index contributed by atoms with van der Waals surface area (Å²) in [4.78, 5) is 22.8. The number of amides is 1. The fourth-order valence-corrected chi connectivity index (χ4v) is 2.76. The van der Waals surface area contributed by atoms with Gasteiger partial charge >= 0.3 is 5.69 Å². The highest BCUT2D eigenvalue weighted by Crippen LogP contribution is 2.28. The van der Waals surface area contributed by atoms with E-state index in [9.17, 15) is 19.3 Å². The van der Waals surface area contributed by atoms with Crippen molar-refractivity contribution in [3.63, 3.8) is 0 Å². The molecule has 1 heterocycles. The van der Waals surface area contributed by atoms with E-state index in [1.54, 1.807) is 6.07 Å². The van der Waals surface area contributed by atoms with Crippen LogP contribution in [0.2, 0.25) is 5.02 Å². The lowest BCUT2D eigenvalue weighted by molar-refractivity contribution is -0.385. The molecule has 0 fully saturated rings. The number of ether oxygens (including phenoxy) is 1. The number of nitro benzene ring substituents is 1. The number of hydrogen-bond donors (Lipinski definition) is 1. The van der Waals surface area contributed by atoms with Crippen LogP contribution in [0.3, 0.4) is 0 Å². The molecule has 8 nitrogen and oxygen atoms in total. The number of anilines is 1. The Morgan fingerprint density at radius 2 is 2.18 bits per heavy atom. The third-order valence-electron chi connectivity index (χ3n) is 3.91. The van der Waals surface area contributed by atoms with Gasteiger partial charge in [0.25, 0.3) is 5.91 Å². The molecule has 1 amide bonds. The Balaban J connectivity index is 1.76. The number of nitrogens with one attached hydrogen (secondary N) is 1. The maximum absolute atomic E-state index is 13.9. The van der Waals surface area contributed by atoms with Gasteiger partial charge in [0.05, 0.1) is 30.5 Å². The fraction of sp³-hybridized carbons (Fsp3) is 0.111. The van der Waals surface area contributed by atoms with Gasteiger partial charge in [-0.3, -0.25) is 19.6 Å². The van der Waals surface area contributed by atoms with Crippen molar-refractivity contribution in [2.24, 2.45) is 0 Å². The van der Waals surface area contributed by atoms with Gasteiger partial charge in [-0.1, -0.05) is 17.7 Å². The number of hydrogen-bond acceptors (Lipinski definition) is 5. The van der Waals surface area contributed by atoms with Crippen molar-refractivity contribution in [3.05, 3.63) is 80.9 Å². The molecule has 3 aromatic rings. The number of methoxy groups -OCH3 is 1. The van der Waals surface area contributed by atoms with Crippen LogP contribution in [0.1, 0.15) is 15.9 Å². The molecule has 1 aromatic heterocycles. The number of carbonyl (C=O) groups is 1. The van der Waals surface area contributed by atoms with Crippen molar-refractivity contribution in [1.82, 2.24) is 9.78 Å². The number of carbonyl (C=O) groups excluding carboxylic acids is 1. The zero-order chi connectivity index (χ0) is 20.3. The molecule has 28 heavy (non-hydrogen) atoms. The second-order valence-corrected chi connectivity index (χ2v) is 6.13. The molecule has 0 radical (unpaired) electrons. The zero-order valence-corrected chi connectivity index (χ0v) is 15.3. The van der Waals surface area contributed by atoms with Crippen LogP contribution in [0.4, 0.5) is 15.8 Å². The van der Waals surface area contributed by atoms with Crippen molar-refractivity contribution in [3.8, 4) is 5.75 Å². The minimum atomic E-state index is -0.633. The Morgan fingerprint density at radius 3 is 2.86 bits per heavy atom. The minimum absolute atomic E-state index is 0.0520. The Hall–Kier alpha value is -3.46. The van der Waals surface area contributed by atoms with Crippen molar-refractivity contribution in [2.75, 3.05) is 12.4 Å². The molecule has 0 atom stereocenters. The second-order valence-electron chi connectivity index (χ2n) is 5.72. The van der Waals surface area contributed by atoms with Gasteiger partial charge in [-0.25, -0.2) is 4.39 Å². The van der Waals surface area contributed by atoms with Crippen molar-refractivity contribution in [2.45, 2.75) is 6.54 Å². The van der Waals surface area contributed by atoms with Crippen LogP contribution in [0.5, 0.6) is 5.75 Å². The van der Waals surface area contributed by atoms with Crippen LogP contribution in [0.15, 0.2) is 48.8 Å². The summed E-state index contributed by atoms with van der Waals surface area (Å²) >= 11 is 6.00. The number of halogens is 2. The fourth-order valence-electron chi connectivity index (χ4n) is 2.54. The average Bonchev–Trinajstić information content (AvgIpc) is 3.11. The second kappa shape index (κ2) is 8.05. The SMILES string of the molecule is COc1ccc(C(=O)Nc2cnn(Cc3c(F)cccc3Cl)c2)cc1[N+](=O)[O-]. The van der Waals surface area contributed by atoms with Crippen LogP contribution >= 0.6 is 11.6 Å². The van der Waals surface area contributed by atoms with E-state index < -0.39 is 16.6 Å². The predicted molar refractivity (Wildman–Crippen MR) is 100 cm³/mol. The molecule has 3 rings (SSSR count). The van der Waals surface area contributed by atoms with Gasteiger partial charge in [0, 0.05) is 28.4 Å². The normalized spacial score (nSPS) is 10.5. The Morgan fingerprint density at radius 1 is 1.39 bits per heavy atom. The molecule has 0 saturated carbocycles. The van der Waals surface area contributed by atoms with E-state index in [0.717, 1.165) is 6.07 Å². The highest BCUT2D eigenvalue weighted by Gasteiger charge is 2.18. The van der Waals surface area contributed by atoms with E-state index in [2.05, 4.69) is 10.4 Å². The molecular weight excluding hydrogens is 391 g/mol. The summed E-state index contributed by atoms with van der Waals surface area (Å²) in [6.07, 6.45) is 2.88. The first kappa shape index (κ1) is 19.3. The van der Waals surface area contributed by atoms with E-state index in [-0.39, 0.29) is 34.1 Å². The van der Waals surface area contributed by atoms with Crippen molar-refractivity contribution >= 4 is 28.9 Å². The smallest absolute Gasteiger partial charge is 0.311 e. The number of rotatable bonds is 6. The number of nitro groups is 1. The molecule has 0 saturated heterocycles. The first-order valence-electron chi connectivity index (χ1n) is 7.98. The summed E-state index contributed by atoms with van der Waals surface area (Å²) in [5.74, 6) is -0.968. The van der Waals surface area contributed by atoms with E-state index in [1.165, 1.54) is 48.5 Å². The van der Waals surface area contributed by atoms with Gasteiger partial charge in [-0.2, -0.15) is 5.10 Å². The van der Waals surface area contributed by atoms with E-state index >= 15 is 0 Å². The molecule has 0 bridgehead atoms. The summed E-state index contributed by atoms with van der Waals surface area (Å²) < 4.78 is 20.2. The summed E-state index contributed by atoms with van der Waals surface area (Å²) in [5.41, 5.74) is 0.379. The third-order valence-corrected chi connectivity index (χ3v) is 4.26. The van der Waals surface area contributed by atoms with Gasteiger partial charge in [0.1, 0.15) is 5.82 Å².